The van der Waals surface area contributed by atoms with Crippen molar-refractivity contribution in [3.8, 4) is 0 Å². The Morgan fingerprint density at radius 2 is 2.00 bits per heavy atom. The van der Waals surface area contributed by atoms with Gasteiger partial charge in [-0.05, 0) is 51.9 Å². The SMILES string of the molecule is CCNc1cc(N2CCC[C@H](CCC(=O)N3CCC[C@@H](C(=O)OCC)C3)C2)ncn1. The standard InChI is InChI=1S/C22H35N5O3/c1-3-23-19-13-20(25-16-24-19)26-11-5-7-17(14-26)9-10-21(28)27-12-6-8-18(15-27)22(29)30-4-2/h13,16-18H,3-12,14-15H2,1-2H3,(H,23,24,25)/t17-,18-/m1/s1. The van der Waals surface area contributed by atoms with Crippen LogP contribution in [0.4, 0.5) is 11.6 Å². The van der Waals surface area contributed by atoms with E-state index in [4.69, 9.17) is 4.74 Å². The molecule has 0 bridgehead atoms. The molecule has 0 aliphatic carbocycles. The van der Waals surface area contributed by atoms with E-state index in [1.165, 1.54) is 0 Å². The summed E-state index contributed by atoms with van der Waals surface area (Å²) in [6.45, 7) is 8.25. The number of carbonyl (C=O) groups excluding carboxylic acids is 2. The zero-order valence-electron chi connectivity index (χ0n) is 18.3. The third-order valence-electron chi connectivity index (χ3n) is 6.01. The Bertz CT molecular complexity index is 714. The van der Waals surface area contributed by atoms with Crippen LogP contribution in [0.2, 0.25) is 0 Å². The Labute approximate surface area is 179 Å². The van der Waals surface area contributed by atoms with E-state index < -0.39 is 0 Å². The van der Waals surface area contributed by atoms with Gasteiger partial charge in [0.25, 0.3) is 0 Å². The van der Waals surface area contributed by atoms with Crippen LogP contribution in [0, 0.1) is 11.8 Å². The predicted octanol–water partition coefficient (Wildman–Crippen LogP) is 2.71. The summed E-state index contributed by atoms with van der Waals surface area (Å²) < 4.78 is 5.14. The first-order chi connectivity index (χ1) is 14.6. The molecule has 1 amide bonds. The van der Waals surface area contributed by atoms with Gasteiger partial charge in [0.2, 0.25) is 5.91 Å². The number of rotatable bonds is 8. The van der Waals surface area contributed by atoms with Crippen LogP contribution in [0.25, 0.3) is 0 Å². The van der Waals surface area contributed by atoms with Crippen LogP contribution in [0.15, 0.2) is 12.4 Å². The van der Waals surface area contributed by atoms with Crippen LogP contribution in [-0.4, -0.2) is 66.1 Å². The highest BCUT2D eigenvalue weighted by Crippen LogP contribution is 2.26. The smallest absolute Gasteiger partial charge is 0.310 e. The minimum absolute atomic E-state index is 0.164. The number of amides is 1. The van der Waals surface area contributed by atoms with Crippen molar-refractivity contribution in [3.05, 3.63) is 12.4 Å². The summed E-state index contributed by atoms with van der Waals surface area (Å²) in [7, 11) is 0. The van der Waals surface area contributed by atoms with Gasteiger partial charge < -0.3 is 19.9 Å². The number of aromatic nitrogens is 2. The van der Waals surface area contributed by atoms with Gasteiger partial charge in [-0.15, -0.1) is 0 Å². The number of ether oxygens (including phenoxy) is 1. The highest BCUT2D eigenvalue weighted by molar-refractivity contribution is 5.78. The number of hydrogen-bond acceptors (Lipinski definition) is 7. The summed E-state index contributed by atoms with van der Waals surface area (Å²) in [5.74, 6) is 2.10. The molecule has 1 N–H and O–H groups in total. The molecule has 0 unspecified atom stereocenters. The molecule has 0 saturated carbocycles. The van der Waals surface area contributed by atoms with Gasteiger partial charge in [-0.2, -0.15) is 0 Å². The highest BCUT2D eigenvalue weighted by atomic mass is 16.5. The number of piperidine rings is 2. The summed E-state index contributed by atoms with van der Waals surface area (Å²) >= 11 is 0. The normalized spacial score (nSPS) is 21.9. The Morgan fingerprint density at radius 3 is 2.80 bits per heavy atom. The van der Waals surface area contributed by atoms with E-state index in [9.17, 15) is 9.59 Å². The Morgan fingerprint density at radius 1 is 1.17 bits per heavy atom. The van der Waals surface area contributed by atoms with Gasteiger partial charge in [0.1, 0.15) is 18.0 Å². The monoisotopic (exact) mass is 417 g/mol. The molecular weight excluding hydrogens is 382 g/mol. The number of likely N-dealkylation sites (tertiary alicyclic amines) is 1. The minimum Gasteiger partial charge on any atom is -0.466 e. The lowest BCUT2D eigenvalue weighted by Crippen LogP contribution is -2.43. The summed E-state index contributed by atoms with van der Waals surface area (Å²) in [5.41, 5.74) is 0. The van der Waals surface area contributed by atoms with Crippen molar-refractivity contribution in [2.75, 3.05) is 49.5 Å². The summed E-state index contributed by atoms with van der Waals surface area (Å²) in [6.07, 6.45) is 6.95. The van der Waals surface area contributed by atoms with Crippen LogP contribution < -0.4 is 10.2 Å². The zero-order chi connectivity index (χ0) is 21.3. The Kier molecular flexibility index (Phi) is 8.28. The summed E-state index contributed by atoms with van der Waals surface area (Å²) in [6, 6.07) is 2.00. The maximum absolute atomic E-state index is 12.8. The lowest BCUT2D eigenvalue weighted by Gasteiger charge is -2.35. The third-order valence-corrected chi connectivity index (χ3v) is 6.01. The van der Waals surface area contributed by atoms with E-state index in [1.54, 1.807) is 6.33 Å². The molecule has 2 fully saturated rings. The minimum atomic E-state index is -0.170. The topological polar surface area (TPSA) is 87.7 Å². The molecule has 2 aliphatic heterocycles. The van der Waals surface area contributed by atoms with Gasteiger partial charge in [-0.25, -0.2) is 9.97 Å². The molecule has 3 rings (SSSR count). The maximum Gasteiger partial charge on any atom is 0.310 e. The number of anilines is 2. The van der Waals surface area contributed by atoms with Crippen molar-refractivity contribution in [2.24, 2.45) is 11.8 Å². The molecule has 2 atom stereocenters. The average Bonchev–Trinajstić information content (AvgIpc) is 2.78. The number of carbonyl (C=O) groups is 2. The van der Waals surface area contributed by atoms with E-state index in [0.29, 0.717) is 25.5 Å². The van der Waals surface area contributed by atoms with E-state index in [0.717, 1.165) is 69.9 Å². The maximum atomic E-state index is 12.8. The van der Waals surface area contributed by atoms with Gasteiger partial charge in [0, 0.05) is 45.2 Å². The molecule has 3 heterocycles. The lowest BCUT2D eigenvalue weighted by molar-refractivity contribution is -0.151. The summed E-state index contributed by atoms with van der Waals surface area (Å²) in [4.78, 5) is 37.7. The van der Waals surface area contributed by atoms with Crippen LogP contribution in [0.5, 0.6) is 0 Å². The first kappa shape index (κ1) is 22.3. The number of esters is 1. The predicted molar refractivity (Wildman–Crippen MR) is 116 cm³/mol. The van der Waals surface area contributed by atoms with E-state index in [1.807, 2.05) is 24.8 Å². The molecular formula is C22H35N5O3. The van der Waals surface area contributed by atoms with Crippen LogP contribution in [0.1, 0.15) is 52.4 Å². The number of nitrogens with one attached hydrogen (secondary N) is 1. The molecule has 0 aromatic carbocycles. The Balaban J connectivity index is 1.49. The number of nitrogens with zero attached hydrogens (tertiary/aromatic N) is 4. The van der Waals surface area contributed by atoms with Crippen molar-refractivity contribution in [3.63, 3.8) is 0 Å². The van der Waals surface area contributed by atoms with Crippen molar-refractivity contribution in [1.29, 1.82) is 0 Å². The fourth-order valence-corrected chi connectivity index (χ4v) is 4.45. The zero-order valence-corrected chi connectivity index (χ0v) is 18.3. The molecule has 8 nitrogen and oxygen atoms in total. The second-order valence-corrected chi connectivity index (χ2v) is 8.22. The highest BCUT2D eigenvalue weighted by Gasteiger charge is 2.30. The second kappa shape index (κ2) is 11.1. The molecule has 0 radical (unpaired) electrons. The van der Waals surface area contributed by atoms with Crippen molar-refractivity contribution in [1.82, 2.24) is 14.9 Å². The van der Waals surface area contributed by atoms with Gasteiger partial charge in [-0.3, -0.25) is 9.59 Å². The second-order valence-electron chi connectivity index (χ2n) is 8.22. The van der Waals surface area contributed by atoms with Crippen molar-refractivity contribution >= 4 is 23.5 Å². The largest absolute Gasteiger partial charge is 0.466 e. The summed E-state index contributed by atoms with van der Waals surface area (Å²) in [5, 5.41) is 3.23. The first-order valence-corrected chi connectivity index (χ1v) is 11.4. The fourth-order valence-electron chi connectivity index (χ4n) is 4.45. The quantitative estimate of drug-likeness (QED) is 0.651. The lowest BCUT2D eigenvalue weighted by atomic mass is 9.92. The third kappa shape index (κ3) is 6.06. The first-order valence-electron chi connectivity index (χ1n) is 11.4. The Hall–Kier alpha value is -2.38. The van der Waals surface area contributed by atoms with Crippen molar-refractivity contribution < 1.29 is 14.3 Å². The van der Waals surface area contributed by atoms with Gasteiger partial charge in [-0.1, -0.05) is 0 Å². The molecule has 2 aliphatic rings. The van der Waals surface area contributed by atoms with Crippen LogP contribution in [0.3, 0.4) is 0 Å². The van der Waals surface area contributed by atoms with Gasteiger partial charge in [0.05, 0.1) is 12.5 Å². The molecule has 1 aromatic rings. The molecule has 166 valence electrons. The van der Waals surface area contributed by atoms with Crippen molar-refractivity contribution in [2.45, 2.75) is 52.4 Å². The van der Waals surface area contributed by atoms with Crippen LogP contribution in [-0.2, 0) is 14.3 Å². The van der Waals surface area contributed by atoms with E-state index in [-0.39, 0.29) is 17.8 Å². The van der Waals surface area contributed by atoms with Gasteiger partial charge in [0.15, 0.2) is 0 Å². The molecule has 1 aromatic heterocycles. The number of hydrogen-bond donors (Lipinski definition) is 1. The van der Waals surface area contributed by atoms with Crippen LogP contribution >= 0.6 is 0 Å². The molecule has 0 spiro atoms. The fraction of sp³-hybridized carbons (Fsp3) is 0.727. The molecule has 30 heavy (non-hydrogen) atoms. The molecule has 2 saturated heterocycles. The van der Waals surface area contributed by atoms with E-state index in [2.05, 4.69) is 20.2 Å². The molecule has 8 heteroatoms. The van der Waals surface area contributed by atoms with E-state index >= 15 is 0 Å². The average molecular weight is 418 g/mol. The van der Waals surface area contributed by atoms with Gasteiger partial charge >= 0.3 is 5.97 Å².